The molecule has 0 amide bonds. The van der Waals surface area contributed by atoms with E-state index in [4.69, 9.17) is 0 Å². The molecule has 0 saturated carbocycles. The summed E-state index contributed by atoms with van der Waals surface area (Å²) in [4.78, 5) is 62.2. The molecule has 0 radical (unpaired) electrons. The van der Waals surface area contributed by atoms with Crippen LogP contribution in [0.3, 0.4) is 0 Å². The van der Waals surface area contributed by atoms with Crippen LogP contribution >= 0.6 is 0 Å². The van der Waals surface area contributed by atoms with E-state index < -0.39 is 21.7 Å². The Morgan fingerprint density at radius 3 is 0.826 bits per heavy atom. The van der Waals surface area contributed by atoms with Crippen LogP contribution in [-0.4, -0.2) is 64.4 Å². The largest absolute Gasteiger partial charge is 1.00 e. The smallest absolute Gasteiger partial charge is 1.00 e. The SMILES string of the molecule is O=c1c(NCCn2ccnc2)c(NCCn2ccnc2)c1=O.O=c1c(NCCn2ccnc2)c(NCCn2ccnc2)c1=O.[Cl-].[Cu+]. The number of aromatic nitrogens is 8. The van der Waals surface area contributed by atoms with Gasteiger partial charge >= 0.3 is 17.1 Å². The van der Waals surface area contributed by atoms with Gasteiger partial charge in [-0.3, -0.25) is 19.2 Å². The van der Waals surface area contributed by atoms with Gasteiger partial charge in [0, 0.05) is 102 Å². The van der Waals surface area contributed by atoms with E-state index in [1.54, 1.807) is 50.1 Å². The first-order valence-electron chi connectivity index (χ1n) is 14.0. The maximum atomic E-state index is 11.6. The summed E-state index contributed by atoms with van der Waals surface area (Å²) >= 11 is 0. The minimum atomic E-state index is -0.462. The Balaban J connectivity index is 0.000000240. The first kappa shape index (κ1) is 35.5. The van der Waals surface area contributed by atoms with Crippen molar-refractivity contribution in [1.29, 1.82) is 0 Å². The second-order valence-electron chi connectivity index (χ2n) is 9.73. The van der Waals surface area contributed by atoms with E-state index in [-0.39, 0.29) is 29.5 Å². The van der Waals surface area contributed by atoms with Crippen LogP contribution in [0, 0.1) is 0 Å². The van der Waals surface area contributed by atoms with Crippen molar-refractivity contribution >= 4 is 22.7 Å². The van der Waals surface area contributed by atoms with Crippen LogP contribution in [0.15, 0.2) is 94.1 Å². The van der Waals surface area contributed by atoms with E-state index in [2.05, 4.69) is 41.2 Å². The molecule has 0 aliphatic heterocycles. The van der Waals surface area contributed by atoms with E-state index >= 15 is 0 Å². The minimum absolute atomic E-state index is 0. The number of anilines is 4. The number of halogens is 1. The van der Waals surface area contributed by atoms with Crippen molar-refractivity contribution in [2.45, 2.75) is 26.2 Å². The molecule has 18 heteroatoms. The summed E-state index contributed by atoms with van der Waals surface area (Å²) in [5, 5.41) is 12.0. The number of hydrogen-bond donors (Lipinski definition) is 4. The standard InChI is InChI=1S/2C14H16N6O2.ClH.Cu/c2*21-13-11(17-3-7-19-5-1-15-9-19)12(14(13)22)18-4-8-20-6-2-16-10-20;;/h2*1-2,5-6,9-10,17-18H,3-4,7-8H2;1H;/q;;;+1/p-1. The molecular weight excluding hydrogens is 667 g/mol. The van der Waals surface area contributed by atoms with Gasteiger partial charge in [-0.15, -0.1) is 0 Å². The third-order valence-corrected chi connectivity index (χ3v) is 6.74. The van der Waals surface area contributed by atoms with Crippen molar-refractivity contribution in [2.24, 2.45) is 0 Å². The van der Waals surface area contributed by atoms with Gasteiger partial charge in [-0.25, -0.2) is 19.9 Å². The first-order valence-corrected chi connectivity index (χ1v) is 14.0. The number of nitrogens with one attached hydrogen (secondary N) is 4. The molecule has 0 unspecified atom stereocenters. The first-order chi connectivity index (χ1) is 21.5. The molecule has 0 spiro atoms. The average Bonchev–Trinajstić information content (AvgIpc) is 3.88. The Labute approximate surface area is 279 Å². The van der Waals surface area contributed by atoms with Crippen LogP contribution in [0.2, 0.25) is 0 Å². The maximum Gasteiger partial charge on any atom is 1.00 e. The molecule has 4 N–H and O–H groups in total. The van der Waals surface area contributed by atoms with E-state index in [0.29, 0.717) is 75.1 Å². The van der Waals surface area contributed by atoms with Crippen molar-refractivity contribution in [2.75, 3.05) is 47.4 Å². The van der Waals surface area contributed by atoms with Crippen molar-refractivity contribution in [3.05, 3.63) is 116 Å². The molecule has 0 atom stereocenters. The molecule has 0 saturated heterocycles. The van der Waals surface area contributed by atoms with Crippen LogP contribution in [0.5, 0.6) is 0 Å². The average molecular weight is 700 g/mol. The van der Waals surface area contributed by atoms with Crippen molar-refractivity contribution < 1.29 is 29.5 Å². The van der Waals surface area contributed by atoms with Gasteiger partial charge in [-0.1, -0.05) is 0 Å². The molecule has 46 heavy (non-hydrogen) atoms. The minimum Gasteiger partial charge on any atom is -1.00 e. The van der Waals surface area contributed by atoms with Crippen molar-refractivity contribution in [1.82, 2.24) is 38.2 Å². The molecular formula is C28H32ClCuN12O4. The summed E-state index contributed by atoms with van der Waals surface area (Å²) in [6.07, 6.45) is 21.0. The number of nitrogens with zero attached hydrogens (tertiary/aromatic N) is 8. The molecule has 6 rings (SSSR count). The summed E-state index contributed by atoms with van der Waals surface area (Å²) < 4.78 is 7.57. The molecule has 0 bridgehead atoms. The molecule has 246 valence electrons. The normalized spacial score (nSPS) is 10.4. The van der Waals surface area contributed by atoms with Crippen LogP contribution < -0.4 is 55.4 Å². The van der Waals surface area contributed by atoms with E-state index in [9.17, 15) is 19.2 Å². The van der Waals surface area contributed by atoms with Gasteiger partial charge in [-0.2, -0.15) is 0 Å². The molecule has 6 aromatic rings. The predicted octanol–water partition coefficient (Wildman–Crippen LogP) is -3.20. The number of hydrogen-bond acceptors (Lipinski definition) is 12. The van der Waals surface area contributed by atoms with Crippen LogP contribution in [0.25, 0.3) is 0 Å². The summed E-state index contributed by atoms with van der Waals surface area (Å²) in [7, 11) is 0. The fourth-order valence-electron chi connectivity index (χ4n) is 4.37. The molecule has 16 nitrogen and oxygen atoms in total. The third-order valence-electron chi connectivity index (χ3n) is 6.74. The number of imidazole rings is 4. The van der Waals surface area contributed by atoms with Crippen molar-refractivity contribution in [3.63, 3.8) is 0 Å². The molecule has 2 aromatic carbocycles. The second-order valence-corrected chi connectivity index (χ2v) is 9.73. The quantitative estimate of drug-likeness (QED) is 0.0587. The zero-order valence-corrected chi connectivity index (χ0v) is 26.2. The van der Waals surface area contributed by atoms with Gasteiger partial charge in [-0.05, 0) is 0 Å². The van der Waals surface area contributed by atoms with E-state index in [0.717, 1.165) is 0 Å². The monoisotopic (exact) mass is 698 g/mol. The molecule has 0 aliphatic carbocycles. The molecule has 0 fully saturated rings. The summed E-state index contributed by atoms with van der Waals surface area (Å²) in [5.74, 6) is 0. The zero-order chi connectivity index (χ0) is 30.7. The zero-order valence-electron chi connectivity index (χ0n) is 24.5. The van der Waals surface area contributed by atoms with E-state index in [1.807, 2.05) is 43.1 Å². The van der Waals surface area contributed by atoms with Crippen LogP contribution in [0.1, 0.15) is 0 Å². The van der Waals surface area contributed by atoms with Gasteiger partial charge in [0.15, 0.2) is 0 Å². The molecule has 4 aromatic heterocycles. The van der Waals surface area contributed by atoms with Gasteiger partial charge in [0.25, 0.3) is 21.7 Å². The fraction of sp³-hybridized carbons (Fsp3) is 0.286. The third kappa shape index (κ3) is 9.03. The van der Waals surface area contributed by atoms with Gasteiger partial charge in [0.05, 0.1) is 25.3 Å². The predicted molar refractivity (Wildman–Crippen MR) is 166 cm³/mol. The Hall–Kier alpha value is -4.99. The fourth-order valence-corrected chi connectivity index (χ4v) is 4.37. The summed E-state index contributed by atoms with van der Waals surface area (Å²) in [6, 6.07) is 0. The maximum absolute atomic E-state index is 11.6. The van der Waals surface area contributed by atoms with Gasteiger partial charge in [0.2, 0.25) is 0 Å². The van der Waals surface area contributed by atoms with Crippen molar-refractivity contribution in [3.8, 4) is 0 Å². The molecule has 4 heterocycles. The Bertz CT molecular complexity index is 1580. The molecule has 0 aliphatic rings. The summed E-state index contributed by atoms with van der Waals surface area (Å²) in [6.45, 7) is 4.91. The summed E-state index contributed by atoms with van der Waals surface area (Å²) in [5.41, 5.74) is -0.365. The van der Waals surface area contributed by atoms with Crippen LogP contribution in [-0.2, 0) is 43.2 Å². The Kier molecular flexibility index (Phi) is 13.5. The van der Waals surface area contributed by atoms with Gasteiger partial charge < -0.3 is 51.9 Å². The Morgan fingerprint density at radius 1 is 0.435 bits per heavy atom. The second kappa shape index (κ2) is 17.5. The Morgan fingerprint density at radius 2 is 0.652 bits per heavy atom. The topological polar surface area (TPSA) is 188 Å². The van der Waals surface area contributed by atoms with Gasteiger partial charge in [0.1, 0.15) is 22.7 Å². The number of rotatable bonds is 16. The van der Waals surface area contributed by atoms with E-state index in [1.165, 1.54) is 0 Å². The van der Waals surface area contributed by atoms with Crippen LogP contribution in [0.4, 0.5) is 22.7 Å².